The maximum atomic E-state index is 12.2. The van der Waals surface area contributed by atoms with E-state index < -0.39 is 11.0 Å². The van der Waals surface area contributed by atoms with Crippen LogP contribution in [0.15, 0.2) is 18.6 Å². The molecule has 0 radical (unpaired) electrons. The van der Waals surface area contributed by atoms with Crippen molar-refractivity contribution in [3.8, 4) is 5.88 Å². The van der Waals surface area contributed by atoms with Gasteiger partial charge in [-0.05, 0) is 13.8 Å². The summed E-state index contributed by atoms with van der Waals surface area (Å²) in [6.07, 6.45) is 4.70. The fourth-order valence-electron chi connectivity index (χ4n) is 1.96. The highest BCUT2D eigenvalue weighted by atomic mass is 16.6. The molecule has 0 aromatic carbocycles. The highest BCUT2D eigenvalue weighted by Crippen LogP contribution is 2.25. The molecule has 0 saturated heterocycles. The van der Waals surface area contributed by atoms with Gasteiger partial charge in [-0.15, -0.1) is 5.10 Å². The smallest absolute Gasteiger partial charge is 0.350 e. The number of carbonyl (C=O) groups excluding carboxylic acids is 1. The van der Waals surface area contributed by atoms with E-state index in [9.17, 15) is 14.9 Å². The van der Waals surface area contributed by atoms with Crippen molar-refractivity contribution in [2.75, 3.05) is 7.11 Å². The SMILES string of the molecule is CCn1cc(CNC(=O)C(C)n2cc([N+](=O)[O-])c(OC)n2)cn1. The zero-order valence-electron chi connectivity index (χ0n) is 13.1. The van der Waals surface area contributed by atoms with Crippen LogP contribution in [0, 0.1) is 10.1 Å². The van der Waals surface area contributed by atoms with Crippen molar-refractivity contribution in [2.24, 2.45) is 0 Å². The van der Waals surface area contributed by atoms with E-state index in [-0.39, 0.29) is 17.5 Å². The molecule has 10 nitrogen and oxygen atoms in total. The van der Waals surface area contributed by atoms with Gasteiger partial charge < -0.3 is 10.1 Å². The number of ether oxygens (including phenoxy) is 1. The minimum atomic E-state index is -0.709. The highest BCUT2D eigenvalue weighted by Gasteiger charge is 2.25. The van der Waals surface area contributed by atoms with Gasteiger partial charge in [0.2, 0.25) is 5.91 Å². The van der Waals surface area contributed by atoms with Gasteiger partial charge in [0.25, 0.3) is 0 Å². The molecule has 10 heteroatoms. The van der Waals surface area contributed by atoms with E-state index in [1.807, 2.05) is 13.1 Å². The van der Waals surface area contributed by atoms with Gasteiger partial charge in [0.1, 0.15) is 12.2 Å². The highest BCUT2D eigenvalue weighted by molar-refractivity contribution is 5.79. The Morgan fingerprint density at radius 3 is 2.78 bits per heavy atom. The number of hydrogen-bond donors (Lipinski definition) is 1. The monoisotopic (exact) mass is 322 g/mol. The average molecular weight is 322 g/mol. The molecule has 1 unspecified atom stereocenters. The summed E-state index contributed by atoms with van der Waals surface area (Å²) < 4.78 is 7.81. The third kappa shape index (κ3) is 3.65. The lowest BCUT2D eigenvalue weighted by Gasteiger charge is -2.11. The first-order valence-electron chi connectivity index (χ1n) is 7.02. The second kappa shape index (κ2) is 6.90. The maximum absolute atomic E-state index is 12.2. The lowest BCUT2D eigenvalue weighted by atomic mass is 10.3. The molecular weight excluding hydrogens is 304 g/mol. The summed E-state index contributed by atoms with van der Waals surface area (Å²) in [6, 6.07) is -0.709. The van der Waals surface area contributed by atoms with Crippen LogP contribution in [0.4, 0.5) is 5.69 Å². The van der Waals surface area contributed by atoms with E-state index in [4.69, 9.17) is 4.74 Å². The number of carbonyl (C=O) groups is 1. The molecule has 124 valence electrons. The van der Waals surface area contributed by atoms with Crippen molar-refractivity contribution < 1.29 is 14.5 Å². The standard InChI is InChI=1S/C13H18N6O4/c1-4-17-7-10(6-15-17)5-14-12(20)9(2)18-8-11(19(21)22)13(16-18)23-3/h6-9H,4-5H2,1-3H3,(H,14,20). The number of hydrogen-bond acceptors (Lipinski definition) is 6. The number of amides is 1. The summed E-state index contributed by atoms with van der Waals surface area (Å²) in [5, 5.41) is 21.7. The summed E-state index contributed by atoms with van der Waals surface area (Å²) in [5.74, 6) is -0.437. The Bertz CT molecular complexity index is 707. The van der Waals surface area contributed by atoms with Gasteiger partial charge in [-0.2, -0.15) is 5.10 Å². The molecule has 0 fully saturated rings. The van der Waals surface area contributed by atoms with Crippen LogP contribution in [0.1, 0.15) is 25.5 Å². The first-order valence-corrected chi connectivity index (χ1v) is 7.02. The number of methoxy groups -OCH3 is 1. The van der Waals surface area contributed by atoms with E-state index in [0.717, 1.165) is 12.1 Å². The molecule has 2 heterocycles. The molecule has 2 aromatic rings. The molecule has 1 atom stereocenters. The lowest BCUT2D eigenvalue weighted by Crippen LogP contribution is -2.30. The van der Waals surface area contributed by atoms with Crippen LogP contribution in [-0.2, 0) is 17.9 Å². The van der Waals surface area contributed by atoms with E-state index in [1.54, 1.807) is 17.8 Å². The Kier molecular flexibility index (Phi) is 4.94. The second-order valence-electron chi connectivity index (χ2n) is 4.86. The third-order valence-electron chi connectivity index (χ3n) is 3.32. The zero-order chi connectivity index (χ0) is 17.0. The molecule has 1 amide bonds. The molecule has 2 aromatic heterocycles. The van der Waals surface area contributed by atoms with Crippen LogP contribution < -0.4 is 10.1 Å². The van der Waals surface area contributed by atoms with Crippen molar-refractivity contribution in [1.82, 2.24) is 24.9 Å². The van der Waals surface area contributed by atoms with Gasteiger partial charge >= 0.3 is 11.6 Å². The molecule has 0 saturated carbocycles. The van der Waals surface area contributed by atoms with Crippen LogP contribution >= 0.6 is 0 Å². The second-order valence-corrected chi connectivity index (χ2v) is 4.86. The molecule has 0 aliphatic heterocycles. The number of nitrogens with zero attached hydrogens (tertiary/aromatic N) is 5. The Labute approximate surface area is 132 Å². The summed E-state index contributed by atoms with van der Waals surface area (Å²) in [4.78, 5) is 22.4. The average Bonchev–Trinajstić information content (AvgIpc) is 3.18. The normalized spacial score (nSPS) is 12.0. The Balaban J connectivity index is 2.03. The lowest BCUT2D eigenvalue weighted by molar-refractivity contribution is -0.385. The minimum absolute atomic E-state index is 0.126. The minimum Gasteiger partial charge on any atom is -0.475 e. The van der Waals surface area contributed by atoms with Gasteiger partial charge in [-0.3, -0.25) is 19.6 Å². The molecule has 23 heavy (non-hydrogen) atoms. The summed E-state index contributed by atoms with van der Waals surface area (Å²) in [6.45, 7) is 4.64. The topological polar surface area (TPSA) is 117 Å². The zero-order valence-corrected chi connectivity index (χ0v) is 13.1. The molecule has 2 rings (SSSR count). The van der Waals surface area contributed by atoms with Gasteiger partial charge in [-0.1, -0.05) is 0 Å². The summed E-state index contributed by atoms with van der Waals surface area (Å²) in [7, 11) is 1.29. The molecule has 0 bridgehead atoms. The number of aryl methyl sites for hydroxylation is 1. The predicted molar refractivity (Wildman–Crippen MR) is 79.9 cm³/mol. The van der Waals surface area contributed by atoms with Crippen molar-refractivity contribution in [3.05, 3.63) is 34.3 Å². The first kappa shape index (κ1) is 16.5. The largest absolute Gasteiger partial charge is 0.475 e. The number of aromatic nitrogens is 4. The van der Waals surface area contributed by atoms with Crippen LogP contribution in [0.2, 0.25) is 0 Å². The molecular formula is C13H18N6O4. The van der Waals surface area contributed by atoms with E-state index in [0.29, 0.717) is 6.54 Å². The predicted octanol–water partition coefficient (Wildman–Crippen LogP) is 0.894. The summed E-state index contributed by atoms with van der Waals surface area (Å²) in [5.41, 5.74) is 0.591. The molecule has 0 aliphatic rings. The van der Waals surface area contributed by atoms with Crippen molar-refractivity contribution in [1.29, 1.82) is 0 Å². The Morgan fingerprint density at radius 1 is 1.52 bits per heavy atom. The maximum Gasteiger partial charge on any atom is 0.350 e. The quantitative estimate of drug-likeness (QED) is 0.597. The molecule has 1 N–H and O–H groups in total. The van der Waals surface area contributed by atoms with Crippen molar-refractivity contribution in [2.45, 2.75) is 33.0 Å². The van der Waals surface area contributed by atoms with Gasteiger partial charge in [-0.25, -0.2) is 4.68 Å². The first-order chi connectivity index (χ1) is 11.0. The Hall–Kier alpha value is -2.91. The van der Waals surface area contributed by atoms with Crippen LogP contribution in [0.5, 0.6) is 5.88 Å². The number of rotatable bonds is 7. The van der Waals surface area contributed by atoms with Crippen LogP contribution in [0.25, 0.3) is 0 Å². The van der Waals surface area contributed by atoms with Crippen LogP contribution in [-0.4, -0.2) is 37.5 Å². The summed E-state index contributed by atoms with van der Waals surface area (Å²) >= 11 is 0. The van der Waals surface area contributed by atoms with E-state index >= 15 is 0 Å². The fraction of sp³-hybridized carbons (Fsp3) is 0.462. The Morgan fingerprint density at radius 2 is 2.26 bits per heavy atom. The van der Waals surface area contributed by atoms with Gasteiger partial charge in [0.05, 0.1) is 18.2 Å². The van der Waals surface area contributed by atoms with E-state index in [2.05, 4.69) is 15.5 Å². The fourth-order valence-corrected chi connectivity index (χ4v) is 1.96. The van der Waals surface area contributed by atoms with Crippen molar-refractivity contribution in [3.63, 3.8) is 0 Å². The molecule has 0 aliphatic carbocycles. The third-order valence-corrected chi connectivity index (χ3v) is 3.32. The van der Waals surface area contributed by atoms with E-state index in [1.165, 1.54) is 18.0 Å². The number of nitrogens with one attached hydrogen (secondary N) is 1. The van der Waals surface area contributed by atoms with Gasteiger partial charge in [0.15, 0.2) is 0 Å². The molecule has 0 spiro atoms. The van der Waals surface area contributed by atoms with Crippen molar-refractivity contribution >= 4 is 11.6 Å². The number of nitro groups is 1. The van der Waals surface area contributed by atoms with Crippen LogP contribution in [0.3, 0.4) is 0 Å². The van der Waals surface area contributed by atoms with Gasteiger partial charge in [0, 0.05) is 24.8 Å².